The van der Waals surface area contributed by atoms with Gasteiger partial charge < -0.3 is 14.8 Å². The molecule has 1 N–H and O–H groups in total. The number of halogens is 1. The van der Waals surface area contributed by atoms with Gasteiger partial charge in [-0.2, -0.15) is 0 Å². The van der Waals surface area contributed by atoms with Gasteiger partial charge in [0.15, 0.2) is 0 Å². The summed E-state index contributed by atoms with van der Waals surface area (Å²) in [6.07, 6.45) is 7.98. The van der Waals surface area contributed by atoms with Crippen LogP contribution in [0.5, 0.6) is 0 Å². The molecule has 2 aliphatic rings. The van der Waals surface area contributed by atoms with Crippen LogP contribution in [0.3, 0.4) is 0 Å². The number of nitrogens with one attached hydrogen (secondary N) is 1. The van der Waals surface area contributed by atoms with Crippen LogP contribution in [-0.2, 0) is 0 Å². The molecule has 30 heavy (non-hydrogen) atoms. The predicted molar refractivity (Wildman–Crippen MR) is 119 cm³/mol. The number of aromatic nitrogens is 2. The van der Waals surface area contributed by atoms with Crippen LogP contribution >= 0.6 is 11.6 Å². The summed E-state index contributed by atoms with van der Waals surface area (Å²) in [5.41, 5.74) is 3.43. The van der Waals surface area contributed by atoms with Gasteiger partial charge in [-0.05, 0) is 57.0 Å². The average Bonchev–Trinajstić information content (AvgIpc) is 3.50. The second-order valence-electron chi connectivity index (χ2n) is 8.12. The van der Waals surface area contributed by atoms with E-state index in [0.29, 0.717) is 22.7 Å². The summed E-state index contributed by atoms with van der Waals surface area (Å²) in [6.45, 7) is 1.95. The molecule has 1 amide bonds. The zero-order valence-electron chi connectivity index (χ0n) is 16.8. The van der Waals surface area contributed by atoms with Crippen LogP contribution in [-0.4, -0.2) is 45.5 Å². The van der Waals surface area contributed by atoms with Gasteiger partial charge in [0.05, 0.1) is 22.7 Å². The van der Waals surface area contributed by atoms with E-state index in [9.17, 15) is 4.79 Å². The van der Waals surface area contributed by atoms with E-state index >= 15 is 0 Å². The molecule has 1 aromatic heterocycles. The first-order valence-electron chi connectivity index (χ1n) is 10.6. The molecule has 3 aromatic rings. The quantitative estimate of drug-likeness (QED) is 0.658. The monoisotopic (exact) mass is 420 g/mol. The van der Waals surface area contributed by atoms with Crippen LogP contribution in [0.2, 0.25) is 5.02 Å². The molecule has 0 unspecified atom stereocenters. The molecular formula is C24H25ClN4O. The molecule has 5 rings (SSSR count). The van der Waals surface area contributed by atoms with Crippen LogP contribution < -0.4 is 5.32 Å². The molecule has 2 heterocycles. The summed E-state index contributed by atoms with van der Waals surface area (Å²) >= 11 is 6.62. The summed E-state index contributed by atoms with van der Waals surface area (Å²) in [7, 11) is 0. The fourth-order valence-electron chi connectivity index (χ4n) is 4.28. The highest BCUT2D eigenvalue weighted by molar-refractivity contribution is 6.32. The summed E-state index contributed by atoms with van der Waals surface area (Å²) in [5, 5.41) is 3.94. The second-order valence-corrected chi connectivity index (χ2v) is 8.53. The number of carbonyl (C=O) groups excluding carboxylic acids is 1. The molecular weight excluding hydrogens is 396 g/mol. The van der Waals surface area contributed by atoms with Crippen molar-refractivity contribution in [2.24, 2.45) is 0 Å². The summed E-state index contributed by atoms with van der Waals surface area (Å²) < 4.78 is 1.91. The van der Waals surface area contributed by atoms with E-state index in [1.165, 1.54) is 0 Å². The summed E-state index contributed by atoms with van der Waals surface area (Å²) in [4.78, 5) is 20.0. The Kier molecular flexibility index (Phi) is 5.32. The third kappa shape index (κ3) is 3.87. The molecule has 2 fully saturated rings. The Balaban J connectivity index is 1.39. The van der Waals surface area contributed by atoms with Gasteiger partial charge in [-0.1, -0.05) is 41.9 Å². The molecule has 0 atom stereocenters. The molecule has 1 saturated carbocycles. The van der Waals surface area contributed by atoms with E-state index in [-0.39, 0.29) is 5.91 Å². The smallest absolute Gasteiger partial charge is 0.254 e. The minimum atomic E-state index is 0.105. The SMILES string of the molecule is O=C(c1ccc(-n2cnc(-c3ccccc3)c2)c(Cl)c1)N(C1CCNCC1)C1CC1. The standard InChI is InChI=1S/C24H25ClN4O/c25-21-14-18(24(30)29(19-7-8-19)20-10-12-26-13-11-20)6-9-23(21)28-15-22(27-16-28)17-4-2-1-3-5-17/h1-6,9,14-16,19-20,26H,7-8,10-13H2. The topological polar surface area (TPSA) is 50.2 Å². The third-order valence-electron chi connectivity index (χ3n) is 6.00. The van der Waals surface area contributed by atoms with Gasteiger partial charge in [-0.25, -0.2) is 4.98 Å². The molecule has 5 nitrogen and oxygen atoms in total. The highest BCUT2D eigenvalue weighted by Crippen LogP contribution is 2.33. The summed E-state index contributed by atoms with van der Waals surface area (Å²) in [5.74, 6) is 0.105. The van der Waals surface area contributed by atoms with Crippen molar-refractivity contribution in [1.82, 2.24) is 19.8 Å². The molecule has 0 radical (unpaired) electrons. The lowest BCUT2D eigenvalue weighted by Gasteiger charge is -2.35. The number of carbonyl (C=O) groups is 1. The Bertz CT molecular complexity index is 1040. The van der Waals surface area contributed by atoms with Gasteiger partial charge >= 0.3 is 0 Å². The molecule has 1 aliphatic carbocycles. The molecule has 154 valence electrons. The molecule has 0 spiro atoms. The van der Waals surface area contributed by atoms with Crippen molar-refractivity contribution in [3.05, 3.63) is 71.6 Å². The van der Waals surface area contributed by atoms with Gasteiger partial charge in [-0.3, -0.25) is 4.79 Å². The normalized spacial score (nSPS) is 17.1. The first-order chi connectivity index (χ1) is 14.7. The van der Waals surface area contributed by atoms with E-state index in [1.807, 2.05) is 53.2 Å². The number of nitrogens with zero attached hydrogens (tertiary/aromatic N) is 3. The van der Waals surface area contributed by atoms with Crippen LogP contribution in [0.15, 0.2) is 61.1 Å². The largest absolute Gasteiger partial charge is 0.333 e. The Morgan fingerprint density at radius 3 is 2.47 bits per heavy atom. The van der Waals surface area contributed by atoms with E-state index in [0.717, 1.165) is 55.7 Å². The Morgan fingerprint density at radius 1 is 1.03 bits per heavy atom. The van der Waals surface area contributed by atoms with Crippen molar-refractivity contribution >= 4 is 17.5 Å². The zero-order chi connectivity index (χ0) is 20.5. The Morgan fingerprint density at radius 2 is 1.77 bits per heavy atom. The Hall–Kier alpha value is -2.63. The molecule has 2 aromatic carbocycles. The van der Waals surface area contributed by atoms with Crippen LogP contribution in [0.4, 0.5) is 0 Å². The number of benzene rings is 2. The minimum Gasteiger partial charge on any atom is -0.333 e. The third-order valence-corrected chi connectivity index (χ3v) is 6.30. The minimum absolute atomic E-state index is 0.105. The Labute approximate surface area is 181 Å². The van der Waals surface area contributed by atoms with Crippen LogP contribution in [0.25, 0.3) is 16.9 Å². The van der Waals surface area contributed by atoms with Crippen LogP contribution in [0, 0.1) is 0 Å². The van der Waals surface area contributed by atoms with Crippen LogP contribution in [0.1, 0.15) is 36.0 Å². The second kappa shape index (κ2) is 8.25. The highest BCUT2D eigenvalue weighted by atomic mass is 35.5. The van der Waals surface area contributed by atoms with E-state index < -0.39 is 0 Å². The molecule has 6 heteroatoms. The maximum atomic E-state index is 13.3. The maximum Gasteiger partial charge on any atom is 0.254 e. The number of piperidine rings is 1. The molecule has 0 bridgehead atoms. The fourth-order valence-corrected chi connectivity index (χ4v) is 4.56. The van der Waals surface area contributed by atoms with Gasteiger partial charge in [0.25, 0.3) is 5.91 Å². The van der Waals surface area contributed by atoms with Crippen molar-refractivity contribution in [2.45, 2.75) is 37.8 Å². The van der Waals surface area contributed by atoms with E-state index in [1.54, 1.807) is 12.4 Å². The average molecular weight is 421 g/mol. The maximum absolute atomic E-state index is 13.3. The number of hydrogen-bond donors (Lipinski definition) is 1. The van der Waals surface area contributed by atoms with Crippen molar-refractivity contribution in [3.63, 3.8) is 0 Å². The number of amides is 1. The van der Waals surface area contributed by atoms with Gasteiger partial charge in [-0.15, -0.1) is 0 Å². The van der Waals surface area contributed by atoms with Gasteiger partial charge in [0, 0.05) is 29.4 Å². The lowest BCUT2D eigenvalue weighted by atomic mass is 10.0. The van der Waals surface area contributed by atoms with E-state index in [4.69, 9.17) is 11.6 Å². The molecule has 1 saturated heterocycles. The van der Waals surface area contributed by atoms with Gasteiger partial charge in [0.1, 0.15) is 0 Å². The van der Waals surface area contributed by atoms with Crippen molar-refractivity contribution in [1.29, 1.82) is 0 Å². The zero-order valence-corrected chi connectivity index (χ0v) is 17.6. The van der Waals surface area contributed by atoms with Gasteiger partial charge in [0.2, 0.25) is 0 Å². The van der Waals surface area contributed by atoms with Crippen molar-refractivity contribution < 1.29 is 4.79 Å². The lowest BCUT2D eigenvalue weighted by molar-refractivity contribution is 0.0623. The van der Waals surface area contributed by atoms with Crippen molar-refractivity contribution in [3.8, 4) is 16.9 Å². The number of rotatable bonds is 5. The first kappa shape index (κ1) is 19.3. The lowest BCUT2D eigenvalue weighted by Crippen LogP contribution is -2.47. The molecule has 1 aliphatic heterocycles. The first-order valence-corrected chi connectivity index (χ1v) is 11.0. The number of hydrogen-bond acceptors (Lipinski definition) is 3. The van der Waals surface area contributed by atoms with Crippen molar-refractivity contribution in [2.75, 3.05) is 13.1 Å². The summed E-state index contributed by atoms with van der Waals surface area (Å²) in [6, 6.07) is 16.4. The fraction of sp³-hybridized carbons (Fsp3) is 0.333. The van der Waals surface area contributed by atoms with E-state index in [2.05, 4.69) is 15.2 Å². The number of imidazole rings is 1. The predicted octanol–water partition coefficient (Wildman–Crippen LogP) is 4.55. The highest BCUT2D eigenvalue weighted by Gasteiger charge is 2.38.